The Morgan fingerprint density at radius 3 is 2.24 bits per heavy atom. The molecule has 0 fully saturated rings. The van der Waals surface area contributed by atoms with E-state index in [9.17, 15) is 18.0 Å². The molecular formula is C14H8BrF3O3. The van der Waals surface area contributed by atoms with Crippen LogP contribution in [-0.4, -0.2) is 11.1 Å². The molecule has 0 radical (unpaired) electrons. The number of hydrogen-bond acceptors (Lipinski definition) is 2. The van der Waals surface area contributed by atoms with Gasteiger partial charge in [-0.25, -0.2) is 18.0 Å². The lowest BCUT2D eigenvalue weighted by atomic mass is 10.2. The fraction of sp³-hybridized carbons (Fsp3) is 0.0714. The molecule has 1 N–H and O–H groups in total. The summed E-state index contributed by atoms with van der Waals surface area (Å²) >= 11 is 3.08. The number of carboxylic acid groups (broad SMARTS) is 1. The molecule has 0 aliphatic carbocycles. The molecule has 0 heterocycles. The number of rotatable bonds is 4. The van der Waals surface area contributed by atoms with E-state index < -0.39 is 34.7 Å². The minimum atomic E-state index is -1.46. The Kier molecular flexibility index (Phi) is 4.52. The van der Waals surface area contributed by atoms with Crippen molar-refractivity contribution in [3.05, 3.63) is 63.4 Å². The summed E-state index contributed by atoms with van der Waals surface area (Å²) in [5.41, 5.74) is -0.425. The van der Waals surface area contributed by atoms with Gasteiger partial charge in [0.05, 0.1) is 5.56 Å². The first kappa shape index (κ1) is 15.4. The molecule has 0 saturated heterocycles. The summed E-state index contributed by atoms with van der Waals surface area (Å²) in [6.45, 7) is -0.390. The lowest BCUT2D eigenvalue weighted by Crippen LogP contribution is -2.05. The van der Waals surface area contributed by atoms with Crippen LogP contribution in [0.2, 0.25) is 0 Å². The highest BCUT2D eigenvalue weighted by atomic mass is 79.9. The van der Waals surface area contributed by atoms with Crippen LogP contribution in [0.1, 0.15) is 15.9 Å². The number of halogens is 4. The van der Waals surface area contributed by atoms with E-state index in [1.165, 1.54) is 12.1 Å². The molecule has 0 saturated carbocycles. The number of carboxylic acids is 1. The molecule has 110 valence electrons. The van der Waals surface area contributed by atoms with Crippen LogP contribution in [0.3, 0.4) is 0 Å². The first-order chi connectivity index (χ1) is 9.88. The standard InChI is InChI=1S/C14H8BrF3O3/c15-9-2-1-7(10(16)5-9)6-21-13-11(17)3-8(14(19)20)4-12(13)18/h1-5H,6H2,(H,19,20). The second-order valence-electron chi connectivity index (χ2n) is 4.10. The molecule has 0 unspecified atom stereocenters. The fourth-order valence-corrected chi connectivity index (χ4v) is 1.94. The molecule has 21 heavy (non-hydrogen) atoms. The highest BCUT2D eigenvalue weighted by Crippen LogP contribution is 2.25. The van der Waals surface area contributed by atoms with Crippen molar-refractivity contribution in [1.82, 2.24) is 0 Å². The third kappa shape index (κ3) is 3.55. The molecule has 0 aliphatic rings. The molecule has 2 rings (SSSR count). The highest BCUT2D eigenvalue weighted by Gasteiger charge is 2.16. The monoisotopic (exact) mass is 360 g/mol. The molecule has 7 heteroatoms. The van der Waals surface area contributed by atoms with Crippen LogP contribution in [0.25, 0.3) is 0 Å². The quantitative estimate of drug-likeness (QED) is 0.890. The van der Waals surface area contributed by atoms with Gasteiger partial charge in [0.15, 0.2) is 17.4 Å². The van der Waals surface area contributed by atoms with Crippen LogP contribution < -0.4 is 4.74 Å². The molecule has 3 nitrogen and oxygen atoms in total. The van der Waals surface area contributed by atoms with Gasteiger partial charge in [-0.15, -0.1) is 0 Å². The topological polar surface area (TPSA) is 46.5 Å². The average molecular weight is 361 g/mol. The second-order valence-corrected chi connectivity index (χ2v) is 5.01. The summed E-state index contributed by atoms with van der Waals surface area (Å²) < 4.78 is 46.2. The average Bonchev–Trinajstić information content (AvgIpc) is 2.39. The molecule has 2 aromatic rings. The van der Waals surface area contributed by atoms with Crippen molar-refractivity contribution >= 4 is 21.9 Å². The summed E-state index contributed by atoms with van der Waals surface area (Å²) in [5.74, 6) is -5.12. The molecule has 0 aliphatic heterocycles. The van der Waals surface area contributed by atoms with E-state index >= 15 is 0 Å². The maximum Gasteiger partial charge on any atom is 0.335 e. The van der Waals surface area contributed by atoms with Gasteiger partial charge in [0.1, 0.15) is 12.4 Å². The Balaban J connectivity index is 2.22. The molecule has 0 spiro atoms. The zero-order valence-electron chi connectivity index (χ0n) is 10.4. The summed E-state index contributed by atoms with van der Waals surface area (Å²) in [4.78, 5) is 10.6. The van der Waals surface area contributed by atoms with Crippen molar-refractivity contribution in [3.63, 3.8) is 0 Å². The predicted octanol–water partition coefficient (Wildman–Crippen LogP) is 4.14. The van der Waals surface area contributed by atoms with E-state index in [0.717, 1.165) is 0 Å². The molecular weight excluding hydrogens is 353 g/mol. The van der Waals surface area contributed by atoms with Crippen molar-refractivity contribution in [3.8, 4) is 5.75 Å². The summed E-state index contributed by atoms with van der Waals surface area (Å²) in [6.07, 6.45) is 0. The van der Waals surface area contributed by atoms with Crippen molar-refractivity contribution in [2.75, 3.05) is 0 Å². The van der Waals surface area contributed by atoms with E-state index in [1.54, 1.807) is 6.07 Å². The van der Waals surface area contributed by atoms with E-state index in [-0.39, 0.29) is 12.2 Å². The maximum absolute atomic E-state index is 13.6. The number of ether oxygens (including phenoxy) is 1. The predicted molar refractivity (Wildman–Crippen MR) is 71.7 cm³/mol. The van der Waals surface area contributed by atoms with Crippen LogP contribution in [0.4, 0.5) is 13.2 Å². The summed E-state index contributed by atoms with van der Waals surface area (Å²) in [6, 6.07) is 5.43. The molecule has 2 aromatic carbocycles. The Hall–Kier alpha value is -2.02. The zero-order chi connectivity index (χ0) is 15.6. The Morgan fingerprint density at radius 2 is 1.71 bits per heavy atom. The zero-order valence-corrected chi connectivity index (χ0v) is 12.0. The van der Waals surface area contributed by atoms with Crippen LogP contribution in [0, 0.1) is 17.5 Å². The molecule has 0 aromatic heterocycles. The third-order valence-corrected chi connectivity index (χ3v) is 3.13. The normalized spacial score (nSPS) is 10.5. The van der Waals surface area contributed by atoms with Gasteiger partial charge in [-0.05, 0) is 24.3 Å². The number of carbonyl (C=O) groups is 1. The van der Waals surface area contributed by atoms with E-state index in [4.69, 9.17) is 9.84 Å². The van der Waals surface area contributed by atoms with Gasteiger partial charge in [-0.2, -0.15) is 0 Å². The maximum atomic E-state index is 13.6. The van der Waals surface area contributed by atoms with Crippen molar-refractivity contribution in [1.29, 1.82) is 0 Å². The SMILES string of the molecule is O=C(O)c1cc(F)c(OCc2ccc(Br)cc2F)c(F)c1. The minimum Gasteiger partial charge on any atom is -0.483 e. The van der Waals surface area contributed by atoms with Crippen molar-refractivity contribution in [2.24, 2.45) is 0 Å². The smallest absolute Gasteiger partial charge is 0.335 e. The van der Waals surface area contributed by atoms with E-state index in [0.29, 0.717) is 16.6 Å². The minimum absolute atomic E-state index is 0.110. The van der Waals surface area contributed by atoms with E-state index in [1.807, 2.05) is 0 Å². The molecule has 0 bridgehead atoms. The number of benzene rings is 2. The van der Waals surface area contributed by atoms with Crippen LogP contribution >= 0.6 is 15.9 Å². The van der Waals surface area contributed by atoms with Crippen molar-refractivity contribution < 1.29 is 27.8 Å². The molecule has 0 atom stereocenters. The van der Waals surface area contributed by atoms with Gasteiger partial charge in [0.25, 0.3) is 0 Å². The number of hydrogen-bond donors (Lipinski definition) is 1. The molecule has 0 amide bonds. The van der Waals surface area contributed by atoms with Crippen LogP contribution in [0.15, 0.2) is 34.8 Å². The van der Waals surface area contributed by atoms with Crippen LogP contribution in [-0.2, 0) is 6.61 Å². The van der Waals surface area contributed by atoms with Crippen LogP contribution in [0.5, 0.6) is 5.75 Å². The first-order valence-corrected chi connectivity index (χ1v) is 6.47. The van der Waals surface area contributed by atoms with Gasteiger partial charge in [0, 0.05) is 10.0 Å². The Morgan fingerprint density at radius 1 is 1.10 bits per heavy atom. The van der Waals surface area contributed by atoms with E-state index in [2.05, 4.69) is 15.9 Å². The Labute approximate surface area is 126 Å². The Bertz CT molecular complexity index is 681. The van der Waals surface area contributed by atoms with Gasteiger partial charge >= 0.3 is 5.97 Å². The van der Waals surface area contributed by atoms with Gasteiger partial charge < -0.3 is 9.84 Å². The summed E-state index contributed by atoms with van der Waals surface area (Å²) in [7, 11) is 0. The largest absolute Gasteiger partial charge is 0.483 e. The lowest BCUT2D eigenvalue weighted by molar-refractivity contribution is 0.0695. The second kappa shape index (κ2) is 6.17. The third-order valence-electron chi connectivity index (χ3n) is 2.63. The van der Waals surface area contributed by atoms with Crippen molar-refractivity contribution in [2.45, 2.75) is 6.61 Å². The summed E-state index contributed by atoms with van der Waals surface area (Å²) in [5, 5.41) is 8.67. The number of aromatic carboxylic acids is 1. The van der Waals surface area contributed by atoms with Gasteiger partial charge in [0.2, 0.25) is 0 Å². The first-order valence-electron chi connectivity index (χ1n) is 5.67. The van der Waals surface area contributed by atoms with Gasteiger partial charge in [-0.1, -0.05) is 22.0 Å². The fourth-order valence-electron chi connectivity index (χ4n) is 1.61. The lowest BCUT2D eigenvalue weighted by Gasteiger charge is -2.10. The van der Waals surface area contributed by atoms with Gasteiger partial charge in [-0.3, -0.25) is 0 Å². The highest BCUT2D eigenvalue weighted by molar-refractivity contribution is 9.10.